The molecule has 20 heavy (non-hydrogen) atoms. The Morgan fingerprint density at radius 1 is 1.25 bits per heavy atom. The number of ether oxygens (including phenoxy) is 1. The lowest BCUT2D eigenvalue weighted by atomic mass is 10.1. The Hall–Kier alpha value is -1.39. The van der Waals surface area contributed by atoms with Gasteiger partial charge in [-0.3, -0.25) is 0 Å². The van der Waals surface area contributed by atoms with E-state index in [1.54, 1.807) is 11.3 Å². The molecule has 0 aliphatic rings. The highest BCUT2D eigenvalue weighted by Crippen LogP contribution is 2.18. The second-order valence-corrected chi connectivity index (χ2v) is 5.82. The third kappa shape index (κ3) is 5.31. The minimum Gasteiger partial charge on any atom is -0.376 e. The zero-order valence-electron chi connectivity index (χ0n) is 12.0. The number of nitrogens with one attached hydrogen (secondary N) is 1. The molecular formula is C16H22N2OS. The molecule has 108 valence electrons. The first-order valence-corrected chi connectivity index (χ1v) is 8.00. The molecule has 0 amide bonds. The molecule has 0 aliphatic heterocycles. The van der Waals surface area contributed by atoms with E-state index < -0.39 is 0 Å². The predicted molar refractivity (Wildman–Crippen MR) is 85.3 cm³/mol. The summed E-state index contributed by atoms with van der Waals surface area (Å²) in [5.41, 5.74) is 1.37. The topological polar surface area (TPSA) is 34.2 Å². The van der Waals surface area contributed by atoms with Gasteiger partial charge in [0.2, 0.25) is 0 Å². The molecule has 0 spiro atoms. The summed E-state index contributed by atoms with van der Waals surface area (Å²) in [5, 5.41) is 4.28. The summed E-state index contributed by atoms with van der Waals surface area (Å²) in [6, 6.07) is 10.5. The van der Waals surface area contributed by atoms with Gasteiger partial charge in [-0.2, -0.15) is 0 Å². The van der Waals surface area contributed by atoms with Gasteiger partial charge in [0.05, 0.1) is 11.5 Å². The van der Waals surface area contributed by atoms with Crippen LogP contribution < -0.4 is 5.32 Å². The zero-order chi connectivity index (χ0) is 14.0. The van der Waals surface area contributed by atoms with E-state index >= 15 is 0 Å². The van der Waals surface area contributed by atoms with E-state index in [4.69, 9.17) is 4.74 Å². The second-order valence-electron chi connectivity index (χ2n) is 4.70. The third-order valence-electron chi connectivity index (χ3n) is 2.92. The fraction of sp³-hybridized carbons (Fsp3) is 0.438. The van der Waals surface area contributed by atoms with Crippen LogP contribution in [-0.4, -0.2) is 18.1 Å². The number of aromatic nitrogens is 1. The highest BCUT2D eigenvalue weighted by molar-refractivity contribution is 7.15. The Morgan fingerprint density at radius 2 is 2.10 bits per heavy atom. The van der Waals surface area contributed by atoms with Crippen LogP contribution in [0.3, 0.4) is 0 Å². The Labute approximate surface area is 125 Å². The van der Waals surface area contributed by atoms with Gasteiger partial charge in [-0.15, -0.1) is 0 Å². The molecule has 0 saturated carbocycles. The summed E-state index contributed by atoms with van der Waals surface area (Å²) < 4.78 is 5.70. The van der Waals surface area contributed by atoms with Crippen LogP contribution >= 0.6 is 11.3 Å². The van der Waals surface area contributed by atoms with Crippen molar-refractivity contribution in [2.24, 2.45) is 0 Å². The summed E-state index contributed by atoms with van der Waals surface area (Å²) in [4.78, 5) is 5.51. The van der Waals surface area contributed by atoms with Gasteiger partial charge >= 0.3 is 0 Å². The van der Waals surface area contributed by atoms with Crippen molar-refractivity contribution in [2.75, 3.05) is 18.5 Å². The smallest absolute Gasteiger partial charge is 0.182 e. The Balaban J connectivity index is 1.60. The van der Waals surface area contributed by atoms with Gasteiger partial charge in [-0.05, 0) is 24.8 Å². The van der Waals surface area contributed by atoms with Crippen molar-refractivity contribution in [2.45, 2.75) is 32.8 Å². The molecule has 2 aromatic rings. The van der Waals surface area contributed by atoms with Crippen LogP contribution in [0.4, 0.5) is 5.13 Å². The Kier molecular flexibility index (Phi) is 6.54. The average molecular weight is 290 g/mol. The van der Waals surface area contributed by atoms with Crippen molar-refractivity contribution in [3.8, 4) is 0 Å². The monoisotopic (exact) mass is 290 g/mol. The number of nitrogens with zero attached hydrogens (tertiary/aromatic N) is 1. The van der Waals surface area contributed by atoms with Gasteiger partial charge in [0.25, 0.3) is 0 Å². The van der Waals surface area contributed by atoms with E-state index in [1.165, 1.54) is 10.4 Å². The van der Waals surface area contributed by atoms with E-state index in [0.717, 1.165) is 37.5 Å². The Morgan fingerprint density at radius 3 is 2.90 bits per heavy atom. The van der Waals surface area contributed by atoms with Gasteiger partial charge in [0, 0.05) is 19.3 Å². The van der Waals surface area contributed by atoms with E-state index in [-0.39, 0.29) is 0 Å². The molecule has 1 aromatic heterocycles. The summed E-state index contributed by atoms with van der Waals surface area (Å²) in [7, 11) is 0. The first-order valence-electron chi connectivity index (χ1n) is 7.18. The lowest BCUT2D eigenvalue weighted by molar-refractivity contribution is 0.120. The number of aryl methyl sites for hydroxylation is 1. The van der Waals surface area contributed by atoms with Gasteiger partial charge in [0.15, 0.2) is 5.13 Å². The lowest BCUT2D eigenvalue weighted by Gasteiger charge is -2.03. The normalized spacial score (nSPS) is 10.7. The predicted octanol–water partition coefficient (Wildman–Crippen LogP) is 4.11. The van der Waals surface area contributed by atoms with Crippen LogP contribution in [0.1, 0.15) is 30.2 Å². The van der Waals surface area contributed by atoms with Crippen LogP contribution in [0.2, 0.25) is 0 Å². The maximum Gasteiger partial charge on any atom is 0.182 e. The van der Waals surface area contributed by atoms with Crippen LogP contribution in [0.15, 0.2) is 36.5 Å². The SMILES string of the molecule is CCCNc1ncc(COCCCc2ccccc2)s1. The number of rotatable bonds is 9. The van der Waals surface area contributed by atoms with Crippen molar-refractivity contribution in [1.29, 1.82) is 0 Å². The first-order chi connectivity index (χ1) is 9.88. The van der Waals surface area contributed by atoms with Crippen molar-refractivity contribution in [3.63, 3.8) is 0 Å². The molecule has 1 heterocycles. The molecule has 0 aliphatic carbocycles. The molecule has 4 heteroatoms. The van der Waals surface area contributed by atoms with Crippen molar-refractivity contribution in [1.82, 2.24) is 4.98 Å². The number of anilines is 1. The summed E-state index contributed by atoms with van der Waals surface area (Å²) in [5.74, 6) is 0. The van der Waals surface area contributed by atoms with E-state index in [2.05, 4.69) is 41.5 Å². The molecule has 1 aromatic carbocycles. The minimum absolute atomic E-state index is 0.667. The van der Waals surface area contributed by atoms with Crippen molar-refractivity contribution in [3.05, 3.63) is 47.0 Å². The highest BCUT2D eigenvalue weighted by Gasteiger charge is 2.01. The molecule has 0 radical (unpaired) electrons. The standard InChI is InChI=1S/C16H22N2OS/c1-2-10-17-16-18-12-15(20-16)13-19-11-6-9-14-7-4-3-5-8-14/h3-5,7-8,12H,2,6,9-11,13H2,1H3,(H,17,18). The molecule has 3 nitrogen and oxygen atoms in total. The largest absolute Gasteiger partial charge is 0.376 e. The quantitative estimate of drug-likeness (QED) is 0.706. The van der Waals surface area contributed by atoms with Crippen molar-refractivity contribution < 1.29 is 4.74 Å². The Bertz CT molecular complexity index is 484. The third-order valence-corrected chi connectivity index (χ3v) is 3.85. The summed E-state index contributed by atoms with van der Waals surface area (Å²) in [6.45, 7) is 4.59. The summed E-state index contributed by atoms with van der Waals surface area (Å²) in [6.07, 6.45) is 5.15. The van der Waals surface area contributed by atoms with Gasteiger partial charge in [0.1, 0.15) is 0 Å². The van der Waals surface area contributed by atoms with E-state index in [9.17, 15) is 0 Å². The maximum absolute atomic E-state index is 5.70. The molecule has 0 bridgehead atoms. The van der Waals surface area contributed by atoms with Crippen LogP contribution in [0.25, 0.3) is 0 Å². The number of hydrogen-bond acceptors (Lipinski definition) is 4. The zero-order valence-corrected chi connectivity index (χ0v) is 12.8. The maximum atomic E-state index is 5.70. The molecule has 0 saturated heterocycles. The van der Waals surface area contributed by atoms with E-state index in [1.807, 2.05) is 12.3 Å². The van der Waals surface area contributed by atoms with Crippen molar-refractivity contribution >= 4 is 16.5 Å². The lowest BCUT2D eigenvalue weighted by Crippen LogP contribution is -1.98. The number of benzene rings is 1. The highest BCUT2D eigenvalue weighted by atomic mass is 32.1. The van der Waals surface area contributed by atoms with E-state index in [0.29, 0.717) is 6.61 Å². The summed E-state index contributed by atoms with van der Waals surface area (Å²) >= 11 is 1.68. The molecule has 1 N–H and O–H groups in total. The minimum atomic E-state index is 0.667. The fourth-order valence-corrected chi connectivity index (χ4v) is 2.66. The van der Waals surface area contributed by atoms with Crippen LogP contribution in [-0.2, 0) is 17.8 Å². The van der Waals surface area contributed by atoms with Gasteiger partial charge in [-0.1, -0.05) is 48.6 Å². The second kappa shape index (κ2) is 8.72. The number of thiazole rings is 1. The van der Waals surface area contributed by atoms with Crippen LogP contribution in [0, 0.1) is 0 Å². The average Bonchev–Trinajstić information content (AvgIpc) is 2.94. The van der Waals surface area contributed by atoms with Gasteiger partial charge in [-0.25, -0.2) is 4.98 Å². The molecular weight excluding hydrogens is 268 g/mol. The fourth-order valence-electron chi connectivity index (χ4n) is 1.88. The molecule has 2 rings (SSSR count). The molecule has 0 fully saturated rings. The van der Waals surface area contributed by atoms with Gasteiger partial charge < -0.3 is 10.1 Å². The van der Waals surface area contributed by atoms with Crippen LogP contribution in [0.5, 0.6) is 0 Å². The number of hydrogen-bond donors (Lipinski definition) is 1. The molecule has 0 unspecified atom stereocenters. The first kappa shape index (κ1) is 15.0. The molecule has 0 atom stereocenters.